The molecule has 4 rings (SSSR count). The van der Waals surface area contributed by atoms with Gasteiger partial charge in [0.15, 0.2) is 0 Å². The molecule has 1 atom stereocenters. The van der Waals surface area contributed by atoms with E-state index in [1.807, 2.05) is 49.4 Å². The zero-order valence-electron chi connectivity index (χ0n) is 21.4. The van der Waals surface area contributed by atoms with Crippen LogP contribution in [0.3, 0.4) is 0 Å². The number of carbonyl (C=O) groups is 1. The lowest BCUT2D eigenvalue weighted by Gasteiger charge is -2.13. The van der Waals surface area contributed by atoms with Gasteiger partial charge in [0.05, 0.1) is 0 Å². The molecule has 0 N–H and O–H groups in total. The molecule has 4 aromatic carbocycles. The van der Waals surface area contributed by atoms with Crippen molar-refractivity contribution in [3.05, 3.63) is 137 Å². The fraction of sp³-hybridized carbons (Fsp3) is 0.182. The minimum atomic E-state index is -1.22. The van der Waals surface area contributed by atoms with E-state index in [4.69, 9.17) is 4.74 Å². The maximum Gasteiger partial charge on any atom is 0.349 e. The summed E-state index contributed by atoms with van der Waals surface area (Å²) in [7, 11) is 0. The summed E-state index contributed by atoms with van der Waals surface area (Å²) in [6.07, 6.45) is 5.79. The van der Waals surface area contributed by atoms with Crippen LogP contribution in [0.2, 0.25) is 0 Å². The molecule has 0 aromatic heterocycles. The fourth-order valence-electron chi connectivity index (χ4n) is 4.38. The summed E-state index contributed by atoms with van der Waals surface area (Å²) in [4.78, 5) is 12.5. The van der Waals surface area contributed by atoms with E-state index < -0.39 is 29.0 Å². The molecule has 0 heterocycles. The molecule has 4 aromatic rings. The molecule has 0 saturated carbocycles. The Morgan fingerprint density at radius 2 is 1.53 bits per heavy atom. The first-order valence-corrected chi connectivity index (χ1v) is 12.6. The smallest absolute Gasteiger partial charge is 0.349 e. The van der Waals surface area contributed by atoms with E-state index in [2.05, 4.69) is 19.1 Å². The van der Waals surface area contributed by atoms with Crippen molar-refractivity contribution in [2.45, 2.75) is 39.0 Å². The highest BCUT2D eigenvalue weighted by Crippen LogP contribution is 2.28. The van der Waals surface area contributed by atoms with Crippen LogP contribution in [0.4, 0.5) is 13.2 Å². The van der Waals surface area contributed by atoms with Gasteiger partial charge in [-0.2, -0.15) is 0 Å². The van der Waals surface area contributed by atoms with Crippen LogP contribution >= 0.6 is 0 Å². The Morgan fingerprint density at radius 3 is 2.16 bits per heavy atom. The first-order valence-electron chi connectivity index (χ1n) is 12.6. The van der Waals surface area contributed by atoms with E-state index >= 15 is 0 Å². The van der Waals surface area contributed by atoms with Gasteiger partial charge in [-0.15, -0.1) is 0 Å². The van der Waals surface area contributed by atoms with Crippen molar-refractivity contribution >= 4 is 5.97 Å². The summed E-state index contributed by atoms with van der Waals surface area (Å²) in [6.45, 7) is 4.04. The average molecular weight is 515 g/mol. The molecule has 38 heavy (non-hydrogen) atoms. The average Bonchev–Trinajstić information content (AvgIpc) is 2.90. The van der Waals surface area contributed by atoms with Crippen LogP contribution in [0.25, 0.3) is 11.1 Å². The number of ether oxygens (including phenoxy) is 1. The maximum atomic E-state index is 14.9. The number of allylic oxidation sites excluding steroid dienone is 2. The highest BCUT2D eigenvalue weighted by atomic mass is 19.1. The highest BCUT2D eigenvalue weighted by molar-refractivity contribution is 5.92. The highest BCUT2D eigenvalue weighted by Gasteiger charge is 2.22. The Kier molecular flexibility index (Phi) is 8.80. The number of rotatable bonds is 9. The number of aryl methyl sites for hydroxylation is 1. The lowest BCUT2D eigenvalue weighted by molar-refractivity contribution is 0.0724. The second-order valence-electron chi connectivity index (χ2n) is 9.28. The normalized spacial score (nSPS) is 12.0. The molecule has 0 saturated heterocycles. The number of hydrogen-bond donors (Lipinski definition) is 0. The third-order valence-corrected chi connectivity index (χ3v) is 6.50. The van der Waals surface area contributed by atoms with Gasteiger partial charge in [-0.3, -0.25) is 0 Å². The van der Waals surface area contributed by atoms with E-state index in [-0.39, 0.29) is 5.75 Å². The monoisotopic (exact) mass is 514 g/mol. The molecule has 0 amide bonds. The van der Waals surface area contributed by atoms with Gasteiger partial charge in [0.2, 0.25) is 0 Å². The van der Waals surface area contributed by atoms with Crippen molar-refractivity contribution in [2.75, 3.05) is 0 Å². The van der Waals surface area contributed by atoms with Crippen molar-refractivity contribution in [3.63, 3.8) is 0 Å². The van der Waals surface area contributed by atoms with E-state index in [1.165, 1.54) is 17.7 Å². The van der Waals surface area contributed by atoms with Crippen molar-refractivity contribution < 1.29 is 22.7 Å². The van der Waals surface area contributed by atoms with Gasteiger partial charge in [0, 0.05) is 6.07 Å². The minimum absolute atomic E-state index is 0.120. The van der Waals surface area contributed by atoms with Crippen LogP contribution in [-0.4, -0.2) is 5.97 Å². The molecule has 5 heteroatoms. The molecule has 0 aliphatic rings. The first-order chi connectivity index (χ1) is 18.4. The lowest BCUT2D eigenvalue weighted by Crippen LogP contribution is -2.13. The van der Waals surface area contributed by atoms with Gasteiger partial charge in [-0.25, -0.2) is 18.0 Å². The van der Waals surface area contributed by atoms with Gasteiger partial charge >= 0.3 is 5.97 Å². The molecule has 0 radical (unpaired) electrons. The molecule has 0 aliphatic carbocycles. The first kappa shape index (κ1) is 26.9. The summed E-state index contributed by atoms with van der Waals surface area (Å²) in [6, 6.07) is 23.8. The second-order valence-corrected chi connectivity index (χ2v) is 9.28. The van der Waals surface area contributed by atoms with Crippen LogP contribution in [0.5, 0.6) is 5.75 Å². The zero-order chi connectivity index (χ0) is 27.1. The molecule has 0 unspecified atom stereocenters. The Bertz CT molecular complexity index is 1400. The Hall–Kier alpha value is -4.12. The van der Waals surface area contributed by atoms with Crippen LogP contribution in [-0.2, 0) is 12.8 Å². The molecule has 0 spiro atoms. The molecule has 194 valence electrons. The second kappa shape index (κ2) is 12.4. The molecule has 0 fully saturated rings. The van der Waals surface area contributed by atoms with E-state index in [0.29, 0.717) is 35.4 Å². The third kappa shape index (κ3) is 6.60. The number of benzene rings is 4. The summed E-state index contributed by atoms with van der Waals surface area (Å²) < 4.78 is 49.2. The van der Waals surface area contributed by atoms with Crippen molar-refractivity contribution in [3.8, 4) is 16.9 Å². The van der Waals surface area contributed by atoms with Crippen LogP contribution in [0.1, 0.15) is 53.2 Å². The molecule has 2 nitrogen and oxygen atoms in total. The van der Waals surface area contributed by atoms with Crippen LogP contribution < -0.4 is 4.74 Å². The quantitative estimate of drug-likeness (QED) is 0.127. The van der Waals surface area contributed by atoms with Crippen molar-refractivity contribution in [2.24, 2.45) is 0 Å². The number of halogens is 3. The van der Waals surface area contributed by atoms with Gasteiger partial charge in [0.1, 0.15) is 28.8 Å². The molecule has 0 bridgehead atoms. The SMILES string of the molecule is C/C=C/CCc1ccc(OC(=O)c2c(F)cc(-c3ccc(C[C@H](C)c4ccccc4)cc3)cc2F)cc1F. The standard InChI is InChI=1S/C33H29F3O2/c1-3-4-6-11-26-16-17-28(21-29(26)34)38-33(37)32-30(35)19-27(20-31(32)36)25-14-12-23(13-15-25)18-22(2)24-9-7-5-8-10-24/h3-5,7-10,12-17,19-22H,6,11,18H2,1-2H3/b4-3+/t22-/m0/s1. The van der Waals surface area contributed by atoms with E-state index in [1.54, 1.807) is 12.1 Å². The van der Waals surface area contributed by atoms with E-state index in [9.17, 15) is 18.0 Å². The Balaban J connectivity index is 1.46. The summed E-state index contributed by atoms with van der Waals surface area (Å²) in [5.41, 5.74) is 2.91. The topological polar surface area (TPSA) is 26.3 Å². The Labute approximate surface area is 221 Å². The minimum Gasteiger partial charge on any atom is -0.423 e. The number of esters is 1. The number of hydrogen-bond acceptors (Lipinski definition) is 2. The van der Waals surface area contributed by atoms with Gasteiger partial charge in [0.25, 0.3) is 0 Å². The zero-order valence-corrected chi connectivity index (χ0v) is 21.4. The van der Waals surface area contributed by atoms with Gasteiger partial charge in [-0.1, -0.05) is 79.7 Å². The predicted octanol–water partition coefficient (Wildman–Crippen LogP) is 8.85. The third-order valence-electron chi connectivity index (χ3n) is 6.50. The maximum absolute atomic E-state index is 14.9. The number of carbonyl (C=O) groups excluding carboxylic acids is 1. The molecular weight excluding hydrogens is 485 g/mol. The van der Waals surface area contributed by atoms with Crippen molar-refractivity contribution in [1.29, 1.82) is 0 Å². The lowest BCUT2D eigenvalue weighted by atomic mass is 9.93. The summed E-state index contributed by atoms with van der Waals surface area (Å²) in [5, 5.41) is 0. The predicted molar refractivity (Wildman–Crippen MR) is 145 cm³/mol. The van der Waals surface area contributed by atoms with Crippen molar-refractivity contribution in [1.82, 2.24) is 0 Å². The largest absolute Gasteiger partial charge is 0.423 e. The van der Waals surface area contributed by atoms with Crippen LogP contribution in [0.15, 0.2) is 97.1 Å². The van der Waals surface area contributed by atoms with E-state index in [0.717, 1.165) is 30.2 Å². The molecular formula is C33H29F3O2. The van der Waals surface area contributed by atoms with Gasteiger partial charge < -0.3 is 4.74 Å². The Morgan fingerprint density at radius 1 is 0.842 bits per heavy atom. The van der Waals surface area contributed by atoms with Gasteiger partial charge in [-0.05, 0) is 78.1 Å². The summed E-state index contributed by atoms with van der Waals surface area (Å²) >= 11 is 0. The summed E-state index contributed by atoms with van der Waals surface area (Å²) in [5.74, 6) is -3.66. The fourth-order valence-corrected chi connectivity index (χ4v) is 4.38. The van der Waals surface area contributed by atoms with Crippen LogP contribution in [0, 0.1) is 17.5 Å². The molecule has 0 aliphatic heterocycles.